The zero-order valence-electron chi connectivity index (χ0n) is 17.7. The zero-order valence-corrected chi connectivity index (χ0v) is 17.7. The van der Waals surface area contributed by atoms with E-state index in [4.69, 9.17) is 5.73 Å². The van der Waals surface area contributed by atoms with Gasteiger partial charge in [0.1, 0.15) is 0 Å². The average molecular weight is 431 g/mol. The van der Waals surface area contributed by atoms with E-state index in [0.29, 0.717) is 17.8 Å². The lowest BCUT2D eigenvalue weighted by Crippen LogP contribution is -2.41. The Kier molecular flexibility index (Phi) is 6.69. The molecule has 1 aliphatic rings. The molecule has 0 saturated heterocycles. The third-order valence-electron chi connectivity index (χ3n) is 5.70. The number of hydrogen-bond acceptors (Lipinski definition) is 6. The van der Waals surface area contributed by atoms with E-state index in [0.717, 1.165) is 36.9 Å². The molecular formula is C24H26N6O2. The topological polar surface area (TPSA) is 123 Å². The Morgan fingerprint density at radius 3 is 2.44 bits per heavy atom. The second kappa shape index (κ2) is 10.00. The Labute approximate surface area is 186 Å². The second-order valence-corrected chi connectivity index (χ2v) is 7.92. The van der Waals surface area contributed by atoms with Gasteiger partial charge in [0, 0.05) is 29.9 Å². The minimum absolute atomic E-state index is 0.00326. The van der Waals surface area contributed by atoms with E-state index in [1.165, 1.54) is 6.20 Å². The molecule has 164 valence electrons. The van der Waals surface area contributed by atoms with Crippen molar-refractivity contribution in [1.82, 2.24) is 25.6 Å². The van der Waals surface area contributed by atoms with Gasteiger partial charge in [-0.1, -0.05) is 36.4 Å². The molecule has 0 unspecified atom stereocenters. The smallest absolute Gasteiger partial charge is 0.255 e. The van der Waals surface area contributed by atoms with Gasteiger partial charge in [0.2, 0.25) is 11.9 Å². The number of nitrogens with zero attached hydrogens (tertiary/aromatic N) is 3. The maximum absolute atomic E-state index is 13.0. The summed E-state index contributed by atoms with van der Waals surface area (Å²) in [5.41, 5.74) is 8.30. The van der Waals surface area contributed by atoms with E-state index in [1.54, 1.807) is 6.20 Å². The first-order valence-corrected chi connectivity index (χ1v) is 10.8. The summed E-state index contributed by atoms with van der Waals surface area (Å²) in [6.45, 7) is 0.426. The average Bonchev–Trinajstić information content (AvgIpc) is 2.84. The van der Waals surface area contributed by atoms with Crippen molar-refractivity contribution in [3.05, 3.63) is 72.2 Å². The van der Waals surface area contributed by atoms with Gasteiger partial charge < -0.3 is 16.4 Å². The molecule has 4 N–H and O–H groups in total. The summed E-state index contributed by atoms with van der Waals surface area (Å²) in [7, 11) is 0. The van der Waals surface area contributed by atoms with Gasteiger partial charge in [-0.25, -0.2) is 9.97 Å². The number of nitrogens with one attached hydrogen (secondary N) is 2. The molecule has 3 aromatic rings. The van der Waals surface area contributed by atoms with E-state index in [9.17, 15) is 9.59 Å². The van der Waals surface area contributed by atoms with Gasteiger partial charge in [0.05, 0.1) is 23.5 Å². The van der Waals surface area contributed by atoms with E-state index >= 15 is 0 Å². The number of nitrogen functional groups attached to an aromatic ring is 1. The van der Waals surface area contributed by atoms with Crippen molar-refractivity contribution in [2.45, 2.75) is 38.3 Å². The highest BCUT2D eigenvalue weighted by Crippen LogP contribution is 2.26. The third-order valence-corrected chi connectivity index (χ3v) is 5.70. The fraction of sp³-hybridized carbons (Fsp3) is 0.292. The van der Waals surface area contributed by atoms with Crippen molar-refractivity contribution in [3.8, 4) is 11.3 Å². The van der Waals surface area contributed by atoms with Crippen LogP contribution in [0, 0.1) is 5.92 Å². The summed E-state index contributed by atoms with van der Waals surface area (Å²) < 4.78 is 0. The Balaban J connectivity index is 1.33. The molecule has 8 nitrogen and oxygen atoms in total. The number of pyridine rings is 1. The van der Waals surface area contributed by atoms with Crippen LogP contribution in [0.25, 0.3) is 11.3 Å². The number of rotatable bonds is 6. The largest absolute Gasteiger partial charge is 0.368 e. The number of carbonyl (C=O) groups is 2. The first kappa shape index (κ1) is 21.4. The summed E-state index contributed by atoms with van der Waals surface area (Å²) in [5.74, 6) is -0.116. The van der Waals surface area contributed by atoms with Crippen LogP contribution >= 0.6 is 0 Å². The highest BCUT2D eigenvalue weighted by atomic mass is 16.2. The van der Waals surface area contributed by atoms with Crippen LogP contribution in [0.2, 0.25) is 0 Å². The molecule has 2 aromatic heterocycles. The van der Waals surface area contributed by atoms with Crippen molar-refractivity contribution >= 4 is 17.8 Å². The monoisotopic (exact) mass is 430 g/mol. The van der Waals surface area contributed by atoms with Crippen LogP contribution in [0.5, 0.6) is 0 Å². The molecule has 4 rings (SSSR count). The predicted molar refractivity (Wildman–Crippen MR) is 121 cm³/mol. The summed E-state index contributed by atoms with van der Waals surface area (Å²) in [6.07, 6.45) is 6.11. The van der Waals surface area contributed by atoms with Gasteiger partial charge in [-0.3, -0.25) is 14.6 Å². The van der Waals surface area contributed by atoms with Gasteiger partial charge in [-0.2, -0.15) is 0 Å². The highest BCUT2D eigenvalue weighted by molar-refractivity contribution is 6.00. The van der Waals surface area contributed by atoms with Gasteiger partial charge in [0.25, 0.3) is 5.91 Å². The van der Waals surface area contributed by atoms with Crippen molar-refractivity contribution in [2.75, 3.05) is 5.73 Å². The van der Waals surface area contributed by atoms with Crippen molar-refractivity contribution in [2.24, 2.45) is 5.92 Å². The molecular weight excluding hydrogens is 404 g/mol. The molecule has 0 aliphatic heterocycles. The molecule has 8 heteroatoms. The number of aromatic nitrogens is 3. The van der Waals surface area contributed by atoms with Crippen LogP contribution in [0.4, 0.5) is 5.95 Å². The lowest BCUT2D eigenvalue weighted by molar-refractivity contribution is -0.126. The van der Waals surface area contributed by atoms with Crippen LogP contribution < -0.4 is 16.4 Å². The summed E-state index contributed by atoms with van der Waals surface area (Å²) in [6, 6.07) is 15.1. The Bertz CT molecular complexity index is 1070. The molecule has 0 atom stereocenters. The Hall–Kier alpha value is -3.81. The summed E-state index contributed by atoms with van der Waals surface area (Å²) in [5, 5.41) is 6.04. The molecule has 2 amide bonds. The van der Waals surface area contributed by atoms with E-state index in [1.807, 2.05) is 48.5 Å². The molecule has 0 bridgehead atoms. The van der Waals surface area contributed by atoms with Gasteiger partial charge >= 0.3 is 0 Å². The number of carbonyl (C=O) groups excluding carboxylic acids is 2. The fourth-order valence-electron chi connectivity index (χ4n) is 3.97. The van der Waals surface area contributed by atoms with Crippen LogP contribution in [-0.4, -0.2) is 32.8 Å². The molecule has 2 heterocycles. The third kappa shape index (κ3) is 5.26. The quantitative estimate of drug-likeness (QED) is 0.553. The molecule has 1 aliphatic carbocycles. The van der Waals surface area contributed by atoms with E-state index in [-0.39, 0.29) is 29.7 Å². The summed E-state index contributed by atoms with van der Waals surface area (Å²) >= 11 is 0. The lowest BCUT2D eigenvalue weighted by atomic mass is 9.85. The standard InChI is InChI=1S/C24H26N6O2/c25-24-28-15-20(21(30-24)16-6-2-1-3-7-16)23(32)29-18-11-9-17(10-12-18)22(31)27-14-19-8-4-5-13-26-19/h1-8,13,15,17-18H,9-12,14H2,(H,27,31)(H,29,32)(H2,25,28,30). The van der Waals surface area contributed by atoms with Crippen LogP contribution in [0.1, 0.15) is 41.7 Å². The number of anilines is 1. The van der Waals surface area contributed by atoms with Crippen molar-refractivity contribution in [1.29, 1.82) is 0 Å². The number of amides is 2. The minimum Gasteiger partial charge on any atom is -0.368 e. The first-order chi connectivity index (χ1) is 15.6. The summed E-state index contributed by atoms with van der Waals surface area (Å²) in [4.78, 5) is 38.0. The molecule has 0 radical (unpaired) electrons. The van der Waals surface area contributed by atoms with Crippen molar-refractivity contribution < 1.29 is 9.59 Å². The number of nitrogens with two attached hydrogens (primary N) is 1. The maximum Gasteiger partial charge on any atom is 0.255 e. The molecule has 32 heavy (non-hydrogen) atoms. The zero-order chi connectivity index (χ0) is 22.3. The van der Waals surface area contributed by atoms with Gasteiger partial charge in [-0.05, 0) is 37.8 Å². The minimum atomic E-state index is -0.230. The Morgan fingerprint density at radius 2 is 1.72 bits per heavy atom. The number of hydrogen-bond donors (Lipinski definition) is 3. The van der Waals surface area contributed by atoms with E-state index < -0.39 is 0 Å². The molecule has 1 fully saturated rings. The maximum atomic E-state index is 13.0. The van der Waals surface area contributed by atoms with Gasteiger partial charge in [-0.15, -0.1) is 0 Å². The normalized spacial score (nSPS) is 18.0. The predicted octanol–water partition coefficient (Wildman–Crippen LogP) is 2.73. The molecule has 1 aromatic carbocycles. The number of benzene rings is 1. The van der Waals surface area contributed by atoms with E-state index in [2.05, 4.69) is 25.6 Å². The second-order valence-electron chi connectivity index (χ2n) is 7.92. The SMILES string of the molecule is Nc1ncc(C(=O)NC2CCC(C(=O)NCc3ccccn3)CC2)c(-c2ccccc2)n1. The Morgan fingerprint density at radius 1 is 0.969 bits per heavy atom. The van der Waals surface area contributed by atoms with Crippen LogP contribution in [0.15, 0.2) is 60.9 Å². The highest BCUT2D eigenvalue weighted by Gasteiger charge is 2.28. The molecule has 1 saturated carbocycles. The van der Waals surface area contributed by atoms with Crippen LogP contribution in [0.3, 0.4) is 0 Å². The van der Waals surface area contributed by atoms with Crippen LogP contribution in [-0.2, 0) is 11.3 Å². The van der Waals surface area contributed by atoms with Crippen molar-refractivity contribution in [3.63, 3.8) is 0 Å². The lowest BCUT2D eigenvalue weighted by Gasteiger charge is -2.28. The molecule has 0 spiro atoms. The van der Waals surface area contributed by atoms with Gasteiger partial charge in [0.15, 0.2) is 0 Å². The first-order valence-electron chi connectivity index (χ1n) is 10.8. The fourth-order valence-corrected chi connectivity index (χ4v) is 3.97.